The molecular weight excluding hydrogens is 262 g/mol. The molecule has 0 atom stereocenters. The number of nitrogens with one attached hydrogen (secondary N) is 1. The largest absolute Gasteiger partial charge is 0.352 e. The molecule has 2 aromatic rings. The van der Waals surface area contributed by atoms with E-state index in [0.29, 0.717) is 5.69 Å². The van der Waals surface area contributed by atoms with Crippen molar-refractivity contribution >= 4 is 17.2 Å². The molecule has 0 saturated carbocycles. The lowest BCUT2D eigenvalue weighted by Crippen LogP contribution is -2.36. The summed E-state index contributed by atoms with van der Waals surface area (Å²) in [7, 11) is 0. The Kier molecular flexibility index (Phi) is 4.11. The molecule has 6 heteroatoms. The lowest BCUT2D eigenvalue weighted by atomic mass is 10.3. The van der Waals surface area contributed by atoms with E-state index in [4.69, 9.17) is 0 Å². The molecule has 0 aliphatic carbocycles. The average Bonchev–Trinajstić information content (AvgIpc) is 2.84. The standard InChI is InChI=1S/C13H15N3O2S/c1-9(2)14-12(17)8-16-13(18)6-5-10(15-16)11-4-3-7-19-11/h3-7,9H,8H2,1-2H3,(H,14,17). The SMILES string of the molecule is CC(C)NC(=O)Cn1nc(-c2cccs2)ccc1=O. The van der Waals surface area contributed by atoms with Gasteiger partial charge in [-0.05, 0) is 31.4 Å². The van der Waals surface area contributed by atoms with E-state index in [1.54, 1.807) is 17.4 Å². The van der Waals surface area contributed by atoms with Crippen molar-refractivity contribution in [3.8, 4) is 10.6 Å². The number of hydrogen-bond acceptors (Lipinski definition) is 4. The van der Waals surface area contributed by atoms with Crippen molar-refractivity contribution in [1.29, 1.82) is 0 Å². The van der Waals surface area contributed by atoms with E-state index in [1.807, 2.05) is 31.4 Å². The Bertz CT molecular complexity index is 617. The summed E-state index contributed by atoms with van der Waals surface area (Å²) in [6.45, 7) is 3.68. The van der Waals surface area contributed by atoms with Gasteiger partial charge in [-0.3, -0.25) is 9.59 Å². The molecule has 0 unspecified atom stereocenters. The molecule has 0 fully saturated rings. The molecule has 5 nitrogen and oxygen atoms in total. The summed E-state index contributed by atoms with van der Waals surface area (Å²) in [5.74, 6) is -0.215. The van der Waals surface area contributed by atoms with Crippen LogP contribution in [0, 0.1) is 0 Å². The van der Waals surface area contributed by atoms with E-state index in [2.05, 4.69) is 10.4 Å². The Labute approximate surface area is 114 Å². The molecule has 100 valence electrons. The minimum atomic E-state index is -0.279. The van der Waals surface area contributed by atoms with Crippen LogP contribution < -0.4 is 10.9 Å². The first kappa shape index (κ1) is 13.5. The molecule has 0 radical (unpaired) electrons. The van der Waals surface area contributed by atoms with Crippen LogP contribution in [0.15, 0.2) is 34.4 Å². The highest BCUT2D eigenvalue weighted by Crippen LogP contribution is 2.20. The fraction of sp³-hybridized carbons (Fsp3) is 0.308. The molecule has 2 rings (SSSR count). The lowest BCUT2D eigenvalue weighted by Gasteiger charge is -2.09. The molecule has 1 N–H and O–H groups in total. The summed E-state index contributed by atoms with van der Waals surface area (Å²) in [5.41, 5.74) is 0.422. The van der Waals surface area contributed by atoms with E-state index in [-0.39, 0.29) is 24.1 Å². The van der Waals surface area contributed by atoms with Crippen molar-refractivity contribution < 1.29 is 4.79 Å². The second kappa shape index (κ2) is 5.79. The normalized spacial score (nSPS) is 10.7. The summed E-state index contributed by atoms with van der Waals surface area (Å²) in [6.07, 6.45) is 0. The van der Waals surface area contributed by atoms with Gasteiger partial charge in [0.25, 0.3) is 5.56 Å². The summed E-state index contributed by atoms with van der Waals surface area (Å²) in [4.78, 5) is 24.3. The molecule has 0 aliphatic heterocycles. The van der Waals surface area contributed by atoms with Crippen LogP contribution in [0.4, 0.5) is 0 Å². The summed E-state index contributed by atoms with van der Waals surface area (Å²) < 4.78 is 1.19. The van der Waals surface area contributed by atoms with Gasteiger partial charge in [0.15, 0.2) is 0 Å². The number of amides is 1. The Morgan fingerprint density at radius 2 is 2.21 bits per heavy atom. The Morgan fingerprint density at radius 3 is 2.84 bits per heavy atom. The summed E-state index contributed by atoms with van der Waals surface area (Å²) >= 11 is 1.54. The fourth-order valence-corrected chi connectivity index (χ4v) is 2.31. The zero-order chi connectivity index (χ0) is 13.8. The number of rotatable bonds is 4. The van der Waals surface area contributed by atoms with Gasteiger partial charge in [-0.15, -0.1) is 11.3 Å². The van der Waals surface area contributed by atoms with Gasteiger partial charge in [0, 0.05) is 12.1 Å². The predicted molar refractivity (Wildman–Crippen MR) is 75.1 cm³/mol. The summed E-state index contributed by atoms with van der Waals surface area (Å²) in [6, 6.07) is 7.00. The van der Waals surface area contributed by atoms with E-state index >= 15 is 0 Å². The molecule has 0 spiro atoms. The first-order valence-corrected chi connectivity index (χ1v) is 6.85. The second-order valence-electron chi connectivity index (χ2n) is 4.41. The van der Waals surface area contributed by atoms with Crippen LogP contribution in [-0.2, 0) is 11.3 Å². The maximum absolute atomic E-state index is 11.7. The molecule has 2 aromatic heterocycles. The fourth-order valence-electron chi connectivity index (χ4n) is 1.62. The number of carbonyl (C=O) groups excluding carboxylic acids is 1. The van der Waals surface area contributed by atoms with E-state index in [1.165, 1.54) is 10.7 Å². The second-order valence-corrected chi connectivity index (χ2v) is 5.36. The molecule has 19 heavy (non-hydrogen) atoms. The Morgan fingerprint density at radius 1 is 1.42 bits per heavy atom. The minimum Gasteiger partial charge on any atom is -0.352 e. The Balaban J connectivity index is 2.23. The highest BCUT2D eigenvalue weighted by Gasteiger charge is 2.09. The average molecular weight is 277 g/mol. The van der Waals surface area contributed by atoms with Crippen molar-refractivity contribution in [3.05, 3.63) is 40.0 Å². The molecular formula is C13H15N3O2S. The van der Waals surface area contributed by atoms with Gasteiger partial charge in [-0.2, -0.15) is 5.10 Å². The van der Waals surface area contributed by atoms with Crippen molar-refractivity contribution in [2.75, 3.05) is 0 Å². The first-order chi connectivity index (χ1) is 9.06. The topological polar surface area (TPSA) is 64.0 Å². The molecule has 0 aromatic carbocycles. The number of thiophene rings is 1. The van der Waals surface area contributed by atoms with E-state index in [0.717, 1.165) is 4.88 Å². The van der Waals surface area contributed by atoms with Gasteiger partial charge in [0.1, 0.15) is 12.2 Å². The van der Waals surface area contributed by atoms with Crippen molar-refractivity contribution in [1.82, 2.24) is 15.1 Å². The number of hydrogen-bond donors (Lipinski definition) is 1. The van der Waals surface area contributed by atoms with Crippen LogP contribution in [0.2, 0.25) is 0 Å². The number of nitrogens with zero attached hydrogens (tertiary/aromatic N) is 2. The third-order valence-electron chi connectivity index (χ3n) is 2.38. The highest BCUT2D eigenvalue weighted by molar-refractivity contribution is 7.13. The van der Waals surface area contributed by atoms with Crippen molar-refractivity contribution in [2.24, 2.45) is 0 Å². The van der Waals surface area contributed by atoms with Gasteiger partial charge in [0.2, 0.25) is 5.91 Å². The maximum atomic E-state index is 11.7. The summed E-state index contributed by atoms with van der Waals surface area (Å²) in [5, 5.41) is 8.89. The predicted octanol–water partition coefficient (Wildman–Crippen LogP) is 1.50. The van der Waals surface area contributed by atoms with Crippen LogP contribution in [0.1, 0.15) is 13.8 Å². The van der Waals surface area contributed by atoms with Crippen LogP contribution >= 0.6 is 11.3 Å². The van der Waals surface area contributed by atoms with E-state index in [9.17, 15) is 9.59 Å². The molecule has 1 amide bonds. The van der Waals surface area contributed by atoms with Gasteiger partial charge in [0.05, 0.1) is 4.88 Å². The Hall–Kier alpha value is -1.95. The van der Waals surface area contributed by atoms with Gasteiger partial charge >= 0.3 is 0 Å². The van der Waals surface area contributed by atoms with Crippen LogP contribution in [-0.4, -0.2) is 21.7 Å². The number of aromatic nitrogens is 2. The highest BCUT2D eigenvalue weighted by atomic mass is 32.1. The third kappa shape index (κ3) is 3.51. The van der Waals surface area contributed by atoms with Crippen molar-refractivity contribution in [2.45, 2.75) is 26.4 Å². The molecule has 0 bridgehead atoms. The molecule has 2 heterocycles. The first-order valence-electron chi connectivity index (χ1n) is 5.97. The van der Waals surface area contributed by atoms with Gasteiger partial charge < -0.3 is 5.32 Å². The van der Waals surface area contributed by atoms with E-state index < -0.39 is 0 Å². The molecule has 0 saturated heterocycles. The van der Waals surface area contributed by atoms with Crippen LogP contribution in [0.3, 0.4) is 0 Å². The monoisotopic (exact) mass is 277 g/mol. The van der Waals surface area contributed by atoms with Gasteiger partial charge in [-0.25, -0.2) is 4.68 Å². The minimum absolute atomic E-state index is 0.0451. The van der Waals surface area contributed by atoms with Crippen LogP contribution in [0.25, 0.3) is 10.6 Å². The third-order valence-corrected chi connectivity index (χ3v) is 3.28. The zero-order valence-corrected chi connectivity index (χ0v) is 11.6. The number of carbonyl (C=O) groups is 1. The quantitative estimate of drug-likeness (QED) is 0.921. The molecule has 0 aliphatic rings. The maximum Gasteiger partial charge on any atom is 0.267 e. The smallest absolute Gasteiger partial charge is 0.267 e. The lowest BCUT2D eigenvalue weighted by molar-refractivity contribution is -0.122. The van der Waals surface area contributed by atoms with Crippen molar-refractivity contribution in [3.63, 3.8) is 0 Å². The zero-order valence-electron chi connectivity index (χ0n) is 10.8. The van der Waals surface area contributed by atoms with Gasteiger partial charge in [-0.1, -0.05) is 6.07 Å². The van der Waals surface area contributed by atoms with Crippen LogP contribution in [0.5, 0.6) is 0 Å².